The predicted octanol–water partition coefficient (Wildman–Crippen LogP) is 5.80. The maximum absolute atomic E-state index is 14.2. The maximum atomic E-state index is 14.2. The van der Waals surface area contributed by atoms with Crippen LogP contribution >= 0.6 is 23.2 Å². The SMILES string of the molecule is C[C@@]1(Cc2ccccc2F)Cc2cc(C(=O)N(CC(=O)O)Cc3ccc(Cl)c(Cl)c3)ccc2O1. The molecule has 5 nitrogen and oxygen atoms in total. The zero-order valence-electron chi connectivity index (χ0n) is 18.4. The largest absolute Gasteiger partial charge is 0.487 e. The summed E-state index contributed by atoms with van der Waals surface area (Å²) < 4.78 is 20.3. The molecule has 34 heavy (non-hydrogen) atoms. The zero-order valence-corrected chi connectivity index (χ0v) is 19.9. The summed E-state index contributed by atoms with van der Waals surface area (Å²) in [4.78, 5) is 25.9. The summed E-state index contributed by atoms with van der Waals surface area (Å²) in [6, 6.07) is 16.5. The molecule has 1 N–H and O–H groups in total. The molecule has 0 spiro atoms. The van der Waals surface area contributed by atoms with Crippen LogP contribution in [0, 0.1) is 5.82 Å². The number of hydrogen-bond donors (Lipinski definition) is 1. The first-order chi connectivity index (χ1) is 16.1. The summed E-state index contributed by atoms with van der Waals surface area (Å²) in [6.45, 7) is 1.49. The highest BCUT2D eigenvalue weighted by Gasteiger charge is 2.36. The fraction of sp³-hybridized carbons (Fsp3) is 0.231. The van der Waals surface area contributed by atoms with Crippen molar-refractivity contribution in [2.75, 3.05) is 6.54 Å². The van der Waals surface area contributed by atoms with Gasteiger partial charge in [0.2, 0.25) is 0 Å². The molecule has 1 aliphatic rings. The fourth-order valence-corrected chi connectivity index (χ4v) is 4.52. The lowest BCUT2D eigenvalue weighted by Crippen LogP contribution is -2.35. The van der Waals surface area contributed by atoms with E-state index in [-0.39, 0.29) is 12.4 Å². The van der Waals surface area contributed by atoms with Crippen molar-refractivity contribution in [3.63, 3.8) is 0 Å². The Morgan fingerprint density at radius 1 is 1.09 bits per heavy atom. The topological polar surface area (TPSA) is 66.8 Å². The summed E-state index contributed by atoms with van der Waals surface area (Å²) in [5, 5.41) is 10.0. The third-order valence-corrected chi connectivity index (χ3v) is 6.46. The molecule has 1 aliphatic heterocycles. The smallest absolute Gasteiger partial charge is 0.323 e. The minimum Gasteiger partial charge on any atom is -0.487 e. The third-order valence-electron chi connectivity index (χ3n) is 5.72. The molecule has 0 radical (unpaired) electrons. The number of carboxylic acids is 1. The van der Waals surface area contributed by atoms with Gasteiger partial charge in [-0.2, -0.15) is 0 Å². The van der Waals surface area contributed by atoms with E-state index in [2.05, 4.69) is 0 Å². The van der Waals surface area contributed by atoms with E-state index in [9.17, 15) is 19.1 Å². The van der Waals surface area contributed by atoms with Crippen LogP contribution in [0.5, 0.6) is 5.75 Å². The Labute approximate surface area is 206 Å². The van der Waals surface area contributed by atoms with E-state index in [1.807, 2.05) is 6.92 Å². The van der Waals surface area contributed by atoms with Gasteiger partial charge in [-0.1, -0.05) is 47.5 Å². The van der Waals surface area contributed by atoms with Gasteiger partial charge < -0.3 is 14.7 Å². The first kappa shape index (κ1) is 24.0. The Kier molecular flexibility index (Phi) is 6.82. The fourth-order valence-electron chi connectivity index (χ4n) is 4.20. The average Bonchev–Trinajstić information content (AvgIpc) is 3.11. The molecule has 0 aliphatic carbocycles. The van der Waals surface area contributed by atoms with Gasteiger partial charge in [0.05, 0.1) is 10.0 Å². The molecule has 0 saturated carbocycles. The van der Waals surface area contributed by atoms with Crippen LogP contribution in [0.4, 0.5) is 4.39 Å². The van der Waals surface area contributed by atoms with Crippen LogP contribution in [0.3, 0.4) is 0 Å². The molecule has 4 rings (SSSR count). The number of nitrogens with zero attached hydrogens (tertiary/aromatic N) is 1. The summed E-state index contributed by atoms with van der Waals surface area (Å²) >= 11 is 12.0. The Morgan fingerprint density at radius 2 is 1.85 bits per heavy atom. The van der Waals surface area contributed by atoms with E-state index in [1.54, 1.807) is 54.6 Å². The number of carbonyl (C=O) groups excluding carboxylic acids is 1. The van der Waals surface area contributed by atoms with Crippen molar-refractivity contribution in [2.24, 2.45) is 0 Å². The average molecular weight is 502 g/mol. The Balaban J connectivity index is 1.54. The molecule has 1 atom stereocenters. The van der Waals surface area contributed by atoms with Crippen molar-refractivity contribution in [1.82, 2.24) is 4.90 Å². The van der Waals surface area contributed by atoms with Gasteiger partial charge in [-0.25, -0.2) is 4.39 Å². The van der Waals surface area contributed by atoms with Gasteiger partial charge in [-0.05, 0) is 60.0 Å². The van der Waals surface area contributed by atoms with Crippen LogP contribution in [0.25, 0.3) is 0 Å². The van der Waals surface area contributed by atoms with Gasteiger partial charge in [0.1, 0.15) is 23.7 Å². The molecule has 176 valence electrons. The van der Waals surface area contributed by atoms with Crippen LogP contribution < -0.4 is 4.74 Å². The predicted molar refractivity (Wildman–Crippen MR) is 128 cm³/mol. The number of carboxylic acid groups (broad SMARTS) is 1. The summed E-state index contributed by atoms with van der Waals surface area (Å²) in [7, 11) is 0. The number of hydrogen-bond acceptors (Lipinski definition) is 3. The summed E-state index contributed by atoms with van der Waals surface area (Å²) in [5.41, 5.74) is 1.72. The van der Waals surface area contributed by atoms with Gasteiger partial charge in [0.15, 0.2) is 0 Å². The monoisotopic (exact) mass is 501 g/mol. The molecule has 1 heterocycles. The molecule has 1 amide bonds. The lowest BCUT2D eigenvalue weighted by molar-refractivity contribution is -0.137. The molecule has 0 aromatic heterocycles. The Bertz CT molecular complexity index is 1270. The Morgan fingerprint density at radius 3 is 2.56 bits per heavy atom. The second-order valence-corrected chi connectivity index (χ2v) is 9.44. The summed E-state index contributed by atoms with van der Waals surface area (Å²) in [5.74, 6) is -1.22. The van der Waals surface area contributed by atoms with Crippen molar-refractivity contribution in [3.8, 4) is 5.75 Å². The second kappa shape index (κ2) is 9.65. The maximum Gasteiger partial charge on any atom is 0.323 e. The van der Waals surface area contributed by atoms with Crippen LogP contribution in [0.1, 0.15) is 34.0 Å². The van der Waals surface area contributed by atoms with Gasteiger partial charge in [-0.15, -0.1) is 0 Å². The number of aliphatic carboxylic acids is 1. The molecular formula is C26H22Cl2FNO4. The minimum atomic E-state index is -1.13. The number of benzene rings is 3. The van der Waals surface area contributed by atoms with E-state index in [0.717, 1.165) is 5.56 Å². The van der Waals surface area contributed by atoms with Crippen molar-refractivity contribution >= 4 is 35.1 Å². The second-order valence-electron chi connectivity index (χ2n) is 8.62. The zero-order chi connectivity index (χ0) is 24.5. The minimum absolute atomic E-state index is 0.0562. The highest BCUT2D eigenvalue weighted by atomic mass is 35.5. The normalized spacial score (nSPS) is 16.6. The highest BCUT2D eigenvalue weighted by molar-refractivity contribution is 6.42. The number of rotatable bonds is 7. The van der Waals surface area contributed by atoms with Crippen molar-refractivity contribution < 1.29 is 23.8 Å². The number of amides is 1. The first-order valence-corrected chi connectivity index (χ1v) is 11.4. The van der Waals surface area contributed by atoms with Crippen LogP contribution in [0.2, 0.25) is 10.0 Å². The number of fused-ring (bicyclic) bond motifs is 1. The molecular weight excluding hydrogens is 480 g/mol. The molecule has 3 aromatic rings. The van der Waals surface area contributed by atoms with Crippen molar-refractivity contribution in [3.05, 3.63) is 98.8 Å². The van der Waals surface area contributed by atoms with Crippen LogP contribution in [-0.4, -0.2) is 34.0 Å². The standard InChI is InChI=1S/C26H22Cl2FNO4/c1-26(12-18-4-2-3-5-22(18)29)13-19-11-17(7-9-23(19)34-26)25(33)30(15-24(31)32)14-16-6-8-20(27)21(28)10-16/h2-11H,12-15H2,1H3,(H,31,32)/t26-/m1/s1. The van der Waals surface area contributed by atoms with Crippen LogP contribution in [-0.2, 0) is 24.2 Å². The quantitative estimate of drug-likeness (QED) is 0.444. The molecule has 0 unspecified atom stereocenters. The molecule has 3 aromatic carbocycles. The highest BCUT2D eigenvalue weighted by Crippen LogP contribution is 2.38. The lowest BCUT2D eigenvalue weighted by Gasteiger charge is -2.24. The van der Waals surface area contributed by atoms with Gasteiger partial charge >= 0.3 is 5.97 Å². The van der Waals surface area contributed by atoms with E-state index < -0.39 is 24.0 Å². The molecule has 8 heteroatoms. The number of halogens is 3. The van der Waals surface area contributed by atoms with Crippen LogP contribution in [0.15, 0.2) is 60.7 Å². The van der Waals surface area contributed by atoms with E-state index in [4.69, 9.17) is 27.9 Å². The Hall–Kier alpha value is -3.09. The van der Waals surface area contributed by atoms with Gasteiger partial charge in [0, 0.05) is 24.9 Å². The molecule has 0 bridgehead atoms. The van der Waals surface area contributed by atoms with E-state index in [1.165, 1.54) is 11.0 Å². The molecule has 0 fully saturated rings. The third kappa shape index (κ3) is 5.34. The van der Waals surface area contributed by atoms with E-state index >= 15 is 0 Å². The van der Waals surface area contributed by atoms with Gasteiger partial charge in [0.25, 0.3) is 5.91 Å². The van der Waals surface area contributed by atoms with Crippen molar-refractivity contribution in [1.29, 1.82) is 0 Å². The summed E-state index contributed by atoms with van der Waals surface area (Å²) in [6.07, 6.45) is 0.865. The number of carbonyl (C=O) groups is 2. The molecule has 0 saturated heterocycles. The lowest BCUT2D eigenvalue weighted by atomic mass is 9.91. The van der Waals surface area contributed by atoms with E-state index in [0.29, 0.717) is 45.3 Å². The van der Waals surface area contributed by atoms with Gasteiger partial charge in [-0.3, -0.25) is 9.59 Å². The van der Waals surface area contributed by atoms with Crippen molar-refractivity contribution in [2.45, 2.75) is 31.9 Å². The first-order valence-electron chi connectivity index (χ1n) is 10.6. The number of ether oxygens (including phenoxy) is 1.